The van der Waals surface area contributed by atoms with Gasteiger partial charge >= 0.3 is 0 Å². The molecular weight excluding hydrogens is 442 g/mol. The lowest BCUT2D eigenvalue weighted by molar-refractivity contribution is 0.0501. The predicted molar refractivity (Wildman–Crippen MR) is 131 cm³/mol. The van der Waals surface area contributed by atoms with Crippen molar-refractivity contribution in [1.29, 1.82) is 0 Å². The zero-order valence-electron chi connectivity index (χ0n) is 20.1. The molecule has 1 aliphatic carbocycles. The largest absolute Gasteiger partial charge is 0.491 e. The number of carbonyl (C=O) groups is 2. The number of aliphatic hydroxyl groups excluding tert-OH is 1. The zero-order chi connectivity index (χ0) is 23.9. The molecule has 4 aliphatic rings. The smallest absolute Gasteiger partial charge is 0.257 e. The number of fused-ring (bicyclic) bond motifs is 4. The molecule has 1 saturated carbocycles. The number of ether oxygens (including phenoxy) is 1. The van der Waals surface area contributed by atoms with Gasteiger partial charge in [0.05, 0.1) is 18.2 Å². The molecule has 7 nitrogen and oxygen atoms in total. The number of β-amino-alcohol motifs (C(OH)–C–C–N with tert-alkyl or cyclic N) is 1. The van der Waals surface area contributed by atoms with Crippen LogP contribution in [0.3, 0.4) is 0 Å². The maximum Gasteiger partial charge on any atom is 0.257 e. The Morgan fingerprint density at radius 1 is 1.09 bits per heavy atom. The minimum atomic E-state index is -0.641. The van der Waals surface area contributed by atoms with E-state index in [2.05, 4.69) is 29.2 Å². The third kappa shape index (κ3) is 4.43. The molecule has 3 unspecified atom stereocenters. The summed E-state index contributed by atoms with van der Waals surface area (Å²) in [6.07, 6.45) is 3.78. The SMILES string of the molecule is O=C1c2ccc(C(=O)N3CC4CCC3C4)cc2OCCN1CC(O)CN1CCc2ccccc2C1. The fourth-order valence-electron chi connectivity index (χ4n) is 6.32. The fourth-order valence-corrected chi connectivity index (χ4v) is 6.32. The first-order valence-electron chi connectivity index (χ1n) is 12.9. The second kappa shape index (κ2) is 9.28. The molecule has 35 heavy (non-hydrogen) atoms. The number of nitrogens with zero attached hydrogens (tertiary/aromatic N) is 3. The van der Waals surface area contributed by atoms with Gasteiger partial charge in [0.1, 0.15) is 12.4 Å². The number of likely N-dealkylation sites (tertiary alicyclic amines) is 1. The van der Waals surface area contributed by atoms with Gasteiger partial charge < -0.3 is 19.6 Å². The van der Waals surface area contributed by atoms with Crippen LogP contribution in [0.5, 0.6) is 5.75 Å². The first kappa shape index (κ1) is 22.6. The number of piperidine rings is 1. The molecule has 2 amide bonds. The molecule has 7 heteroatoms. The minimum absolute atomic E-state index is 0.0377. The van der Waals surface area contributed by atoms with E-state index in [1.807, 2.05) is 4.90 Å². The highest BCUT2D eigenvalue weighted by Gasteiger charge is 2.40. The van der Waals surface area contributed by atoms with Crippen molar-refractivity contribution >= 4 is 11.8 Å². The Bertz CT molecular complexity index is 1130. The van der Waals surface area contributed by atoms with Crippen LogP contribution < -0.4 is 4.74 Å². The average Bonchev–Trinajstić information content (AvgIpc) is 3.47. The van der Waals surface area contributed by atoms with E-state index >= 15 is 0 Å². The van der Waals surface area contributed by atoms with Crippen LogP contribution in [0.4, 0.5) is 0 Å². The van der Waals surface area contributed by atoms with E-state index in [0.717, 1.165) is 38.9 Å². The summed E-state index contributed by atoms with van der Waals surface area (Å²) >= 11 is 0. The molecule has 1 N–H and O–H groups in total. The third-order valence-electron chi connectivity index (χ3n) is 8.14. The van der Waals surface area contributed by atoms with Gasteiger partial charge in [-0.1, -0.05) is 24.3 Å². The van der Waals surface area contributed by atoms with E-state index in [1.54, 1.807) is 23.1 Å². The third-order valence-corrected chi connectivity index (χ3v) is 8.14. The van der Waals surface area contributed by atoms with Crippen molar-refractivity contribution in [2.75, 3.05) is 39.3 Å². The lowest BCUT2D eigenvalue weighted by Crippen LogP contribution is -2.44. The molecule has 3 aliphatic heterocycles. The summed E-state index contributed by atoms with van der Waals surface area (Å²) in [7, 11) is 0. The molecule has 6 rings (SSSR count). The van der Waals surface area contributed by atoms with Crippen molar-refractivity contribution in [2.45, 2.75) is 44.4 Å². The monoisotopic (exact) mass is 475 g/mol. The van der Waals surface area contributed by atoms with E-state index in [-0.39, 0.29) is 18.4 Å². The summed E-state index contributed by atoms with van der Waals surface area (Å²) in [5.41, 5.74) is 3.74. The minimum Gasteiger partial charge on any atom is -0.491 e. The highest BCUT2D eigenvalue weighted by molar-refractivity contribution is 6.00. The Morgan fingerprint density at radius 2 is 1.94 bits per heavy atom. The number of hydrogen-bond acceptors (Lipinski definition) is 5. The van der Waals surface area contributed by atoms with E-state index in [1.165, 1.54) is 17.5 Å². The normalized spacial score (nSPS) is 24.5. The number of rotatable bonds is 5. The van der Waals surface area contributed by atoms with Crippen molar-refractivity contribution in [3.63, 3.8) is 0 Å². The number of benzene rings is 2. The molecule has 2 bridgehead atoms. The van der Waals surface area contributed by atoms with Crippen LogP contribution in [0.25, 0.3) is 0 Å². The van der Waals surface area contributed by atoms with Crippen LogP contribution in [0.1, 0.15) is 51.1 Å². The molecule has 0 aromatic heterocycles. The topological polar surface area (TPSA) is 73.3 Å². The molecule has 184 valence electrons. The van der Waals surface area contributed by atoms with E-state index in [0.29, 0.717) is 48.5 Å². The molecular formula is C28H33N3O4. The molecule has 3 heterocycles. The molecule has 2 aromatic rings. The van der Waals surface area contributed by atoms with Gasteiger partial charge in [0, 0.05) is 44.3 Å². The Morgan fingerprint density at radius 3 is 2.74 bits per heavy atom. The van der Waals surface area contributed by atoms with Gasteiger partial charge in [-0.2, -0.15) is 0 Å². The lowest BCUT2D eigenvalue weighted by atomic mass is 10.00. The van der Waals surface area contributed by atoms with E-state index in [4.69, 9.17) is 4.74 Å². The highest BCUT2D eigenvalue weighted by atomic mass is 16.5. The van der Waals surface area contributed by atoms with E-state index < -0.39 is 6.10 Å². The Hall–Kier alpha value is -2.90. The first-order valence-corrected chi connectivity index (χ1v) is 12.9. The highest BCUT2D eigenvalue weighted by Crippen LogP contribution is 2.38. The van der Waals surface area contributed by atoms with Crippen LogP contribution in [0.2, 0.25) is 0 Å². The fraction of sp³-hybridized carbons (Fsp3) is 0.500. The Kier molecular flexibility index (Phi) is 5.98. The van der Waals surface area contributed by atoms with Crippen LogP contribution in [-0.4, -0.2) is 83.1 Å². The van der Waals surface area contributed by atoms with E-state index in [9.17, 15) is 14.7 Å². The molecule has 2 fully saturated rings. The summed E-state index contributed by atoms with van der Waals surface area (Å²) < 4.78 is 5.91. The van der Waals surface area contributed by atoms with Crippen molar-refractivity contribution in [3.8, 4) is 5.75 Å². The molecule has 0 spiro atoms. The van der Waals surface area contributed by atoms with Gasteiger partial charge in [-0.25, -0.2) is 0 Å². The van der Waals surface area contributed by atoms with Crippen LogP contribution in [-0.2, 0) is 13.0 Å². The maximum atomic E-state index is 13.3. The Labute approximate surface area is 206 Å². The second-order valence-electron chi connectivity index (χ2n) is 10.5. The summed E-state index contributed by atoms with van der Waals surface area (Å²) in [4.78, 5) is 32.3. The van der Waals surface area contributed by atoms with Crippen molar-refractivity contribution < 1.29 is 19.4 Å². The molecule has 3 atom stereocenters. The summed E-state index contributed by atoms with van der Waals surface area (Å²) in [6, 6.07) is 14.0. The Balaban J connectivity index is 1.10. The number of amides is 2. The summed E-state index contributed by atoms with van der Waals surface area (Å²) in [5, 5.41) is 10.8. The second-order valence-corrected chi connectivity index (χ2v) is 10.5. The number of carbonyl (C=O) groups excluding carboxylic acids is 2. The lowest BCUT2D eigenvalue weighted by Gasteiger charge is -2.32. The first-order chi connectivity index (χ1) is 17.0. The predicted octanol–water partition coefficient (Wildman–Crippen LogP) is 2.56. The van der Waals surface area contributed by atoms with Crippen molar-refractivity contribution in [2.24, 2.45) is 5.92 Å². The van der Waals surface area contributed by atoms with Gasteiger partial charge in [0.2, 0.25) is 0 Å². The average molecular weight is 476 g/mol. The van der Waals surface area contributed by atoms with Gasteiger partial charge in [-0.05, 0) is 60.9 Å². The van der Waals surface area contributed by atoms with Crippen molar-refractivity contribution in [1.82, 2.24) is 14.7 Å². The molecule has 0 radical (unpaired) electrons. The van der Waals surface area contributed by atoms with Crippen LogP contribution in [0.15, 0.2) is 42.5 Å². The van der Waals surface area contributed by atoms with Crippen LogP contribution >= 0.6 is 0 Å². The summed E-state index contributed by atoms with van der Waals surface area (Å²) in [5.74, 6) is 0.993. The molecule has 1 saturated heterocycles. The van der Waals surface area contributed by atoms with Gasteiger partial charge in [0.25, 0.3) is 11.8 Å². The number of aliphatic hydroxyl groups is 1. The van der Waals surface area contributed by atoms with Crippen molar-refractivity contribution in [3.05, 3.63) is 64.7 Å². The van der Waals surface area contributed by atoms with Gasteiger partial charge in [-0.15, -0.1) is 0 Å². The quantitative estimate of drug-likeness (QED) is 0.720. The molecule has 2 aromatic carbocycles. The standard InChI is InChI=1S/C28H33N3O4/c32-24(17-29-10-9-20-3-1-2-4-22(20)16-29)18-30-11-12-35-26-14-21(6-8-25(26)28(30)34)27(33)31-15-19-5-7-23(31)13-19/h1-4,6,8,14,19,23-24,32H,5,7,9-13,15-18H2. The summed E-state index contributed by atoms with van der Waals surface area (Å²) in [6.45, 7) is 4.11. The zero-order valence-corrected chi connectivity index (χ0v) is 20.1. The van der Waals surface area contributed by atoms with Crippen LogP contribution in [0, 0.1) is 5.92 Å². The van der Waals surface area contributed by atoms with Gasteiger partial charge in [-0.3, -0.25) is 14.5 Å². The van der Waals surface area contributed by atoms with Gasteiger partial charge in [0.15, 0.2) is 0 Å². The number of hydrogen-bond donors (Lipinski definition) is 1. The maximum absolute atomic E-state index is 13.3.